The fourth-order valence-electron chi connectivity index (χ4n) is 2.08. The van der Waals surface area contributed by atoms with E-state index in [-0.39, 0.29) is 12.5 Å². The molecule has 20 heavy (non-hydrogen) atoms. The number of nitrogens with one attached hydrogen (secondary N) is 1. The van der Waals surface area contributed by atoms with E-state index < -0.39 is 0 Å². The molecule has 2 rings (SSSR count). The molecule has 1 amide bonds. The Kier molecular flexibility index (Phi) is 5.63. The first-order chi connectivity index (χ1) is 9.72. The lowest BCUT2D eigenvalue weighted by atomic mass is 10.1. The monoisotopic (exact) mass is 291 g/mol. The summed E-state index contributed by atoms with van der Waals surface area (Å²) in [7, 11) is 0. The van der Waals surface area contributed by atoms with E-state index in [0.29, 0.717) is 18.0 Å². The van der Waals surface area contributed by atoms with Crippen LogP contribution in [0.5, 0.6) is 0 Å². The van der Waals surface area contributed by atoms with Crippen LogP contribution >= 0.6 is 11.3 Å². The number of rotatable bonds is 6. The number of aliphatic hydroxyl groups excluding tert-OH is 1. The number of hydrogen-bond acceptors (Lipinski definition) is 3. The first kappa shape index (κ1) is 15.1. The van der Waals surface area contributed by atoms with Gasteiger partial charge in [0.1, 0.15) is 0 Å². The lowest BCUT2D eigenvalue weighted by Crippen LogP contribution is -2.34. The summed E-state index contributed by atoms with van der Waals surface area (Å²) < 4.78 is 0. The Morgan fingerprint density at radius 3 is 3.05 bits per heavy atom. The molecule has 0 spiro atoms. The van der Waals surface area contributed by atoms with Gasteiger partial charge in [-0.1, -0.05) is 31.6 Å². The van der Waals surface area contributed by atoms with Crippen molar-refractivity contribution in [2.24, 2.45) is 5.92 Å². The summed E-state index contributed by atoms with van der Waals surface area (Å²) in [6, 6.07) is 2.12. The second-order valence-electron chi connectivity index (χ2n) is 5.23. The van der Waals surface area contributed by atoms with E-state index in [1.54, 1.807) is 0 Å². The molecule has 1 aliphatic rings. The minimum Gasteiger partial charge on any atom is -0.395 e. The smallest absolute Gasteiger partial charge is 0.252 e. The molecule has 1 unspecified atom stereocenters. The highest BCUT2D eigenvalue weighted by Gasteiger charge is 2.25. The van der Waals surface area contributed by atoms with Crippen LogP contribution in [-0.4, -0.2) is 23.7 Å². The van der Waals surface area contributed by atoms with Crippen molar-refractivity contribution < 1.29 is 9.90 Å². The molecule has 1 atom stereocenters. The van der Waals surface area contributed by atoms with Gasteiger partial charge >= 0.3 is 0 Å². The topological polar surface area (TPSA) is 49.3 Å². The first-order valence-corrected chi connectivity index (χ1v) is 8.10. The van der Waals surface area contributed by atoms with Gasteiger partial charge in [0.2, 0.25) is 0 Å². The van der Waals surface area contributed by atoms with Crippen molar-refractivity contribution in [3.05, 3.63) is 21.9 Å². The minimum atomic E-state index is 0.00366. The van der Waals surface area contributed by atoms with Crippen molar-refractivity contribution in [2.45, 2.75) is 45.1 Å². The summed E-state index contributed by atoms with van der Waals surface area (Å²) in [5.74, 6) is 6.65. The second kappa shape index (κ2) is 7.47. The maximum Gasteiger partial charge on any atom is 0.252 e. The molecular formula is C16H21NO2S. The van der Waals surface area contributed by atoms with Crippen LogP contribution in [0.3, 0.4) is 0 Å². The average molecular weight is 291 g/mol. The lowest BCUT2D eigenvalue weighted by molar-refractivity contribution is 0.0933. The van der Waals surface area contributed by atoms with Crippen LogP contribution in [0.1, 0.15) is 54.3 Å². The molecule has 1 aromatic rings. The van der Waals surface area contributed by atoms with Crippen molar-refractivity contribution in [1.29, 1.82) is 0 Å². The zero-order valence-electron chi connectivity index (χ0n) is 11.8. The largest absolute Gasteiger partial charge is 0.395 e. The van der Waals surface area contributed by atoms with Gasteiger partial charge in [0, 0.05) is 17.8 Å². The van der Waals surface area contributed by atoms with E-state index in [1.165, 1.54) is 24.2 Å². The van der Waals surface area contributed by atoms with Gasteiger partial charge in [-0.25, -0.2) is 0 Å². The van der Waals surface area contributed by atoms with E-state index in [9.17, 15) is 4.79 Å². The van der Waals surface area contributed by atoms with Gasteiger partial charge in [0.15, 0.2) is 0 Å². The third-order valence-electron chi connectivity index (χ3n) is 3.45. The van der Waals surface area contributed by atoms with Crippen molar-refractivity contribution in [3.63, 3.8) is 0 Å². The van der Waals surface area contributed by atoms with Crippen LogP contribution in [0, 0.1) is 17.8 Å². The zero-order chi connectivity index (χ0) is 14.4. The summed E-state index contributed by atoms with van der Waals surface area (Å²) in [4.78, 5) is 13.0. The molecule has 1 aromatic heterocycles. The normalized spacial score (nSPS) is 15.3. The van der Waals surface area contributed by atoms with Crippen LogP contribution in [0.15, 0.2) is 11.4 Å². The van der Waals surface area contributed by atoms with Gasteiger partial charge in [-0.3, -0.25) is 4.79 Å². The molecule has 1 heterocycles. The third-order valence-corrected chi connectivity index (χ3v) is 4.30. The third kappa shape index (κ3) is 4.66. The Hall–Kier alpha value is -1.31. The second-order valence-corrected chi connectivity index (χ2v) is 6.14. The lowest BCUT2D eigenvalue weighted by Gasteiger charge is -2.15. The molecule has 0 radical (unpaired) electrons. The standard InChI is InChI=1S/C16H21NO2S/c1-2-14(9-12-6-7-12)17-16(19)13-10-15(20-11-13)5-3-4-8-18/h10-12,14,18H,2,4,6-9H2,1H3,(H,17,19). The summed E-state index contributed by atoms with van der Waals surface area (Å²) in [6.07, 6.45) is 5.19. The van der Waals surface area contributed by atoms with Crippen molar-refractivity contribution in [3.8, 4) is 11.8 Å². The molecule has 1 saturated carbocycles. The van der Waals surface area contributed by atoms with Gasteiger partial charge in [-0.2, -0.15) is 0 Å². The summed E-state index contributed by atoms with van der Waals surface area (Å²) in [5, 5.41) is 13.6. The van der Waals surface area contributed by atoms with Gasteiger partial charge < -0.3 is 10.4 Å². The highest BCUT2D eigenvalue weighted by molar-refractivity contribution is 7.10. The number of carbonyl (C=O) groups is 1. The molecule has 1 aliphatic carbocycles. The highest BCUT2D eigenvalue weighted by atomic mass is 32.1. The molecule has 0 saturated heterocycles. The molecule has 0 aliphatic heterocycles. The fourth-order valence-corrected chi connectivity index (χ4v) is 2.83. The predicted octanol–water partition coefficient (Wildman–Crippen LogP) is 2.79. The van der Waals surface area contributed by atoms with E-state index in [1.807, 2.05) is 11.4 Å². The Morgan fingerprint density at radius 2 is 2.40 bits per heavy atom. The molecule has 4 heteroatoms. The molecule has 1 fully saturated rings. The molecule has 2 N–H and O–H groups in total. The van der Waals surface area contributed by atoms with Crippen LogP contribution in [0.2, 0.25) is 0 Å². The van der Waals surface area contributed by atoms with E-state index in [0.717, 1.165) is 23.6 Å². The van der Waals surface area contributed by atoms with Crippen molar-refractivity contribution in [2.75, 3.05) is 6.61 Å². The van der Waals surface area contributed by atoms with E-state index in [2.05, 4.69) is 24.1 Å². The first-order valence-electron chi connectivity index (χ1n) is 7.22. The summed E-state index contributed by atoms with van der Waals surface area (Å²) >= 11 is 1.47. The number of amides is 1. The van der Waals surface area contributed by atoms with Gasteiger partial charge in [0.25, 0.3) is 5.91 Å². The minimum absolute atomic E-state index is 0.00366. The zero-order valence-corrected chi connectivity index (χ0v) is 12.6. The number of carbonyl (C=O) groups excluding carboxylic acids is 1. The maximum absolute atomic E-state index is 12.2. The number of aliphatic hydroxyl groups is 1. The van der Waals surface area contributed by atoms with Crippen LogP contribution < -0.4 is 5.32 Å². The van der Waals surface area contributed by atoms with Crippen molar-refractivity contribution in [1.82, 2.24) is 5.32 Å². The molecule has 0 aromatic carbocycles. The summed E-state index contributed by atoms with van der Waals surface area (Å²) in [5.41, 5.74) is 0.692. The number of thiophene rings is 1. The SMILES string of the molecule is CCC(CC1CC1)NC(=O)c1csc(C#CCCO)c1. The van der Waals surface area contributed by atoms with Crippen molar-refractivity contribution >= 4 is 17.2 Å². The molecule has 108 valence electrons. The van der Waals surface area contributed by atoms with Crippen LogP contribution in [-0.2, 0) is 0 Å². The van der Waals surface area contributed by atoms with E-state index in [4.69, 9.17) is 5.11 Å². The Bertz CT molecular complexity index is 508. The predicted molar refractivity (Wildman–Crippen MR) is 81.8 cm³/mol. The Morgan fingerprint density at radius 1 is 1.60 bits per heavy atom. The Labute approximate surface area is 124 Å². The molecule has 3 nitrogen and oxygen atoms in total. The number of hydrogen-bond donors (Lipinski definition) is 2. The molecule has 0 bridgehead atoms. The van der Waals surface area contributed by atoms with Gasteiger partial charge in [0.05, 0.1) is 17.0 Å². The molecular weight excluding hydrogens is 270 g/mol. The van der Waals surface area contributed by atoms with Gasteiger partial charge in [-0.05, 0) is 24.8 Å². The summed E-state index contributed by atoms with van der Waals surface area (Å²) in [6.45, 7) is 2.19. The average Bonchev–Trinajstić information content (AvgIpc) is 3.13. The maximum atomic E-state index is 12.2. The van der Waals surface area contributed by atoms with Gasteiger partial charge in [-0.15, -0.1) is 11.3 Å². The van der Waals surface area contributed by atoms with Crippen LogP contribution in [0.25, 0.3) is 0 Å². The van der Waals surface area contributed by atoms with E-state index >= 15 is 0 Å². The van der Waals surface area contributed by atoms with Crippen LogP contribution in [0.4, 0.5) is 0 Å². The quantitative estimate of drug-likeness (QED) is 0.792. The highest BCUT2D eigenvalue weighted by Crippen LogP contribution is 2.34. The fraction of sp³-hybridized carbons (Fsp3) is 0.562. The Balaban J connectivity index is 1.89.